The van der Waals surface area contributed by atoms with Gasteiger partial charge in [-0.3, -0.25) is 9.59 Å². The van der Waals surface area contributed by atoms with Crippen LogP contribution in [-0.2, 0) is 9.59 Å². The maximum absolute atomic E-state index is 12.0. The van der Waals surface area contributed by atoms with Crippen molar-refractivity contribution in [2.75, 3.05) is 19.6 Å². The molecule has 0 aromatic rings. The maximum atomic E-state index is 12.0. The van der Waals surface area contributed by atoms with Gasteiger partial charge in [0, 0.05) is 20.0 Å². The van der Waals surface area contributed by atoms with Gasteiger partial charge in [0.2, 0.25) is 11.8 Å². The zero-order chi connectivity index (χ0) is 12.9. The van der Waals surface area contributed by atoms with Crippen molar-refractivity contribution >= 4 is 11.8 Å². The van der Waals surface area contributed by atoms with E-state index in [2.05, 4.69) is 29.8 Å². The number of nitrogens with one attached hydrogen (secondary N) is 3. The average molecular weight is 241 g/mol. The highest BCUT2D eigenvalue weighted by Gasteiger charge is 2.36. The molecule has 0 saturated carbocycles. The summed E-state index contributed by atoms with van der Waals surface area (Å²) in [6, 6.07) is -0.131. The number of rotatable bonds is 4. The smallest absolute Gasteiger partial charge is 0.237 e. The molecule has 1 saturated heterocycles. The number of piperidine rings is 1. The second-order valence-corrected chi connectivity index (χ2v) is 5.25. The van der Waals surface area contributed by atoms with Crippen LogP contribution in [0.15, 0.2) is 0 Å². The van der Waals surface area contributed by atoms with Gasteiger partial charge in [-0.1, -0.05) is 13.8 Å². The third-order valence-electron chi connectivity index (χ3n) is 3.19. The molecular weight excluding hydrogens is 218 g/mol. The lowest BCUT2D eigenvalue weighted by atomic mass is 9.77. The third-order valence-corrected chi connectivity index (χ3v) is 3.19. The van der Waals surface area contributed by atoms with Crippen LogP contribution in [0.1, 0.15) is 33.6 Å². The van der Waals surface area contributed by atoms with E-state index in [1.165, 1.54) is 6.92 Å². The van der Waals surface area contributed by atoms with Crippen LogP contribution in [0.2, 0.25) is 0 Å². The number of amides is 2. The predicted octanol–water partition coefficient (Wildman–Crippen LogP) is 0.0169. The first-order valence-corrected chi connectivity index (χ1v) is 6.19. The molecule has 5 heteroatoms. The second kappa shape index (κ2) is 6.00. The summed E-state index contributed by atoms with van der Waals surface area (Å²) >= 11 is 0. The number of carbonyl (C=O) groups excluding carboxylic acids is 2. The average Bonchev–Trinajstić information content (AvgIpc) is 2.23. The highest BCUT2D eigenvalue weighted by Crippen LogP contribution is 2.29. The fourth-order valence-electron chi connectivity index (χ4n) is 2.18. The van der Waals surface area contributed by atoms with Gasteiger partial charge < -0.3 is 16.0 Å². The molecule has 0 spiro atoms. The molecule has 98 valence electrons. The van der Waals surface area contributed by atoms with Gasteiger partial charge in [-0.15, -0.1) is 0 Å². The normalized spacial score (nSPS) is 22.9. The Morgan fingerprint density at radius 3 is 2.53 bits per heavy atom. The van der Waals surface area contributed by atoms with Crippen LogP contribution in [0.4, 0.5) is 0 Å². The Labute approximate surface area is 103 Å². The Kier molecular flexibility index (Phi) is 4.93. The van der Waals surface area contributed by atoms with E-state index in [9.17, 15) is 9.59 Å². The van der Waals surface area contributed by atoms with Gasteiger partial charge in [-0.25, -0.2) is 0 Å². The zero-order valence-corrected chi connectivity index (χ0v) is 10.9. The largest absolute Gasteiger partial charge is 0.355 e. The minimum Gasteiger partial charge on any atom is -0.355 e. The molecule has 0 aliphatic carbocycles. The number of hydrogen-bond donors (Lipinski definition) is 3. The minimum atomic E-state index is -0.131. The first-order chi connectivity index (χ1) is 7.93. The molecule has 0 radical (unpaired) electrons. The Morgan fingerprint density at radius 1 is 1.29 bits per heavy atom. The minimum absolute atomic E-state index is 0.00363. The van der Waals surface area contributed by atoms with Crippen LogP contribution in [0.5, 0.6) is 0 Å². The van der Waals surface area contributed by atoms with Crippen LogP contribution in [0.25, 0.3) is 0 Å². The number of carbonyl (C=O) groups is 2. The fourth-order valence-corrected chi connectivity index (χ4v) is 2.18. The van der Waals surface area contributed by atoms with Crippen LogP contribution in [0, 0.1) is 5.41 Å². The van der Waals surface area contributed by atoms with Crippen molar-refractivity contribution in [2.45, 2.75) is 39.7 Å². The molecule has 1 aliphatic rings. The summed E-state index contributed by atoms with van der Waals surface area (Å²) in [6.45, 7) is 7.54. The van der Waals surface area contributed by atoms with Crippen molar-refractivity contribution < 1.29 is 9.59 Å². The van der Waals surface area contributed by atoms with Gasteiger partial charge in [-0.2, -0.15) is 0 Å². The molecule has 0 aromatic carbocycles. The first kappa shape index (κ1) is 14.0. The highest BCUT2D eigenvalue weighted by molar-refractivity contribution is 5.82. The molecule has 5 nitrogen and oxygen atoms in total. The summed E-state index contributed by atoms with van der Waals surface area (Å²) in [5.41, 5.74) is -0.00363. The maximum Gasteiger partial charge on any atom is 0.237 e. The Morgan fingerprint density at radius 2 is 1.94 bits per heavy atom. The molecule has 1 aliphatic heterocycles. The zero-order valence-electron chi connectivity index (χ0n) is 10.9. The van der Waals surface area contributed by atoms with E-state index in [0.717, 1.165) is 19.4 Å². The summed E-state index contributed by atoms with van der Waals surface area (Å²) in [4.78, 5) is 22.6. The topological polar surface area (TPSA) is 70.2 Å². The van der Waals surface area contributed by atoms with Crippen molar-refractivity contribution in [3.63, 3.8) is 0 Å². The lowest BCUT2D eigenvalue weighted by molar-refractivity contribution is -0.127. The van der Waals surface area contributed by atoms with Crippen LogP contribution in [0.3, 0.4) is 0 Å². The first-order valence-electron chi connectivity index (χ1n) is 6.19. The summed E-state index contributed by atoms with van der Waals surface area (Å²) in [7, 11) is 0. The highest BCUT2D eigenvalue weighted by atomic mass is 16.2. The third kappa shape index (κ3) is 4.34. The monoisotopic (exact) mass is 241 g/mol. The van der Waals surface area contributed by atoms with Crippen molar-refractivity contribution in [3.8, 4) is 0 Å². The standard InChI is InChI=1S/C12H23N3O2/c1-9(16)13-7-8-15-11(17)10-12(2,3)5-4-6-14-10/h10,14H,4-8H2,1-3H3,(H,13,16)(H,15,17). The van der Waals surface area contributed by atoms with Gasteiger partial charge >= 0.3 is 0 Å². The molecule has 1 heterocycles. The summed E-state index contributed by atoms with van der Waals surface area (Å²) in [5.74, 6) is -0.0459. The second-order valence-electron chi connectivity index (χ2n) is 5.25. The van der Waals surface area contributed by atoms with Crippen LogP contribution < -0.4 is 16.0 Å². The van der Waals surface area contributed by atoms with Crippen molar-refractivity contribution in [2.24, 2.45) is 5.41 Å². The molecular formula is C12H23N3O2. The summed E-state index contributed by atoms with van der Waals surface area (Å²) in [5, 5.41) is 8.76. The molecule has 3 N–H and O–H groups in total. The molecule has 1 fully saturated rings. The Hall–Kier alpha value is -1.10. The molecule has 1 atom stereocenters. The summed E-state index contributed by atoms with van der Waals surface area (Å²) in [6.07, 6.45) is 2.17. The van der Waals surface area contributed by atoms with Crippen LogP contribution in [-0.4, -0.2) is 37.5 Å². The molecule has 1 rings (SSSR count). The predicted molar refractivity (Wildman–Crippen MR) is 66.5 cm³/mol. The van der Waals surface area contributed by atoms with E-state index in [1.807, 2.05) is 0 Å². The lowest BCUT2D eigenvalue weighted by Gasteiger charge is -2.38. The van der Waals surface area contributed by atoms with Gasteiger partial charge in [0.15, 0.2) is 0 Å². The molecule has 0 aromatic heterocycles. The fraction of sp³-hybridized carbons (Fsp3) is 0.833. The van der Waals surface area contributed by atoms with Crippen molar-refractivity contribution in [1.29, 1.82) is 0 Å². The molecule has 0 bridgehead atoms. The quantitative estimate of drug-likeness (QED) is 0.608. The van der Waals surface area contributed by atoms with Gasteiger partial charge in [-0.05, 0) is 24.8 Å². The SMILES string of the molecule is CC(=O)NCCNC(=O)C1NCCCC1(C)C. The van der Waals surface area contributed by atoms with Crippen LogP contribution >= 0.6 is 0 Å². The Balaban J connectivity index is 2.33. The molecule has 2 amide bonds. The molecule has 17 heavy (non-hydrogen) atoms. The van der Waals surface area contributed by atoms with Crippen molar-refractivity contribution in [3.05, 3.63) is 0 Å². The lowest BCUT2D eigenvalue weighted by Crippen LogP contribution is -2.56. The van der Waals surface area contributed by atoms with E-state index in [4.69, 9.17) is 0 Å². The van der Waals surface area contributed by atoms with Gasteiger partial charge in [0.05, 0.1) is 6.04 Å². The molecule has 1 unspecified atom stereocenters. The van der Waals surface area contributed by atoms with E-state index >= 15 is 0 Å². The van der Waals surface area contributed by atoms with Crippen molar-refractivity contribution in [1.82, 2.24) is 16.0 Å². The van der Waals surface area contributed by atoms with E-state index in [0.29, 0.717) is 13.1 Å². The van der Waals surface area contributed by atoms with E-state index in [-0.39, 0.29) is 23.3 Å². The van der Waals surface area contributed by atoms with Gasteiger partial charge in [0.25, 0.3) is 0 Å². The number of hydrogen-bond acceptors (Lipinski definition) is 3. The summed E-state index contributed by atoms with van der Waals surface area (Å²) < 4.78 is 0. The van der Waals surface area contributed by atoms with E-state index < -0.39 is 0 Å². The van der Waals surface area contributed by atoms with E-state index in [1.54, 1.807) is 0 Å². The van der Waals surface area contributed by atoms with Gasteiger partial charge in [0.1, 0.15) is 0 Å². The Bertz CT molecular complexity index is 289.